The number of methoxy groups -OCH3 is 1. The van der Waals surface area contributed by atoms with Gasteiger partial charge in [0.2, 0.25) is 5.91 Å². The molecule has 1 aliphatic heterocycles. The first-order valence-corrected chi connectivity index (χ1v) is 9.41. The first-order chi connectivity index (χ1) is 12.0. The highest BCUT2D eigenvalue weighted by molar-refractivity contribution is 5.95. The van der Waals surface area contributed by atoms with Crippen LogP contribution in [-0.4, -0.2) is 48.5 Å². The van der Waals surface area contributed by atoms with Gasteiger partial charge in [0.15, 0.2) is 0 Å². The molecule has 0 aromatic rings. The van der Waals surface area contributed by atoms with E-state index in [0.29, 0.717) is 0 Å². The Morgan fingerprint density at radius 3 is 2.88 bits per heavy atom. The molecule has 7 atom stereocenters. The molecule has 0 spiro atoms. The fraction of sp³-hybridized carbons (Fsp3) is 0.789. The smallest absolute Gasteiger partial charge is 0.248 e. The maximum atomic E-state index is 12.5. The van der Waals surface area contributed by atoms with Gasteiger partial charge in [-0.15, -0.1) is 0 Å². The summed E-state index contributed by atoms with van der Waals surface area (Å²) in [6, 6.07) is 2.68. The number of carbonyl (C=O) groups excluding carboxylic acids is 1. The van der Waals surface area contributed by atoms with E-state index in [2.05, 4.69) is 22.8 Å². The number of amides is 1. The van der Waals surface area contributed by atoms with Crippen LogP contribution < -0.4 is 10.6 Å². The molecule has 6 heteroatoms. The molecule has 6 nitrogen and oxygen atoms in total. The minimum absolute atomic E-state index is 0.00615. The van der Waals surface area contributed by atoms with Crippen LogP contribution in [0.25, 0.3) is 0 Å². The summed E-state index contributed by atoms with van der Waals surface area (Å²) >= 11 is 0. The molecule has 1 heterocycles. The summed E-state index contributed by atoms with van der Waals surface area (Å²) in [6.07, 6.45) is 6.62. The number of nitrogens with zero attached hydrogens (tertiary/aromatic N) is 1. The zero-order valence-corrected chi connectivity index (χ0v) is 15.1. The Morgan fingerprint density at radius 1 is 1.36 bits per heavy atom. The Labute approximate surface area is 149 Å². The third kappa shape index (κ3) is 4.05. The Bertz CT molecular complexity index is 571. The molecule has 25 heavy (non-hydrogen) atoms. The highest BCUT2D eigenvalue weighted by Gasteiger charge is 2.37. The average Bonchev–Trinajstić information content (AvgIpc) is 2.61. The highest BCUT2D eigenvalue weighted by Crippen LogP contribution is 2.31. The van der Waals surface area contributed by atoms with E-state index in [-0.39, 0.29) is 48.1 Å². The fourth-order valence-corrected chi connectivity index (χ4v) is 4.58. The first kappa shape index (κ1) is 18.4. The summed E-state index contributed by atoms with van der Waals surface area (Å²) in [7, 11) is 1.66. The van der Waals surface area contributed by atoms with E-state index in [1.807, 2.05) is 6.92 Å². The summed E-state index contributed by atoms with van der Waals surface area (Å²) in [6.45, 7) is 2.02. The number of nitrogens with one attached hydrogen (secondary N) is 2. The number of aliphatic hydroxyl groups excluding tert-OH is 1. The van der Waals surface area contributed by atoms with Crippen LogP contribution in [0.5, 0.6) is 0 Å². The van der Waals surface area contributed by atoms with Gasteiger partial charge in [0.1, 0.15) is 0 Å². The van der Waals surface area contributed by atoms with E-state index in [0.717, 1.165) is 44.1 Å². The zero-order chi connectivity index (χ0) is 18.0. The van der Waals surface area contributed by atoms with Crippen molar-refractivity contribution in [3.63, 3.8) is 0 Å². The zero-order valence-electron chi connectivity index (χ0n) is 15.1. The van der Waals surface area contributed by atoms with Crippen LogP contribution in [0.2, 0.25) is 0 Å². The molecule has 3 rings (SSSR count). The van der Waals surface area contributed by atoms with Crippen molar-refractivity contribution >= 4 is 5.91 Å². The minimum atomic E-state index is -0.263. The van der Waals surface area contributed by atoms with Crippen LogP contribution in [0.1, 0.15) is 45.4 Å². The minimum Gasteiger partial charge on any atom is -0.393 e. The summed E-state index contributed by atoms with van der Waals surface area (Å²) < 4.78 is 5.47. The Hall–Kier alpha value is -1.42. The Morgan fingerprint density at radius 2 is 2.16 bits per heavy atom. The molecule has 3 N–H and O–H groups in total. The van der Waals surface area contributed by atoms with E-state index in [1.165, 1.54) is 0 Å². The molecular formula is C19H29N3O3. The van der Waals surface area contributed by atoms with Crippen molar-refractivity contribution in [3.8, 4) is 6.07 Å². The van der Waals surface area contributed by atoms with Crippen LogP contribution in [0.3, 0.4) is 0 Å². The molecule has 3 aliphatic rings. The van der Waals surface area contributed by atoms with Crippen molar-refractivity contribution < 1.29 is 14.6 Å². The van der Waals surface area contributed by atoms with Crippen LogP contribution in [0.15, 0.2) is 11.6 Å². The van der Waals surface area contributed by atoms with Gasteiger partial charge in [-0.1, -0.05) is 6.08 Å². The van der Waals surface area contributed by atoms with Gasteiger partial charge >= 0.3 is 0 Å². The summed E-state index contributed by atoms with van der Waals surface area (Å²) in [4.78, 5) is 12.5. The second-order valence-corrected chi connectivity index (χ2v) is 7.74. The van der Waals surface area contributed by atoms with Gasteiger partial charge in [-0.05, 0) is 45.4 Å². The summed E-state index contributed by atoms with van der Waals surface area (Å²) in [5, 5.41) is 25.8. The van der Waals surface area contributed by atoms with Crippen LogP contribution in [-0.2, 0) is 9.53 Å². The molecule has 138 valence electrons. The molecule has 0 bridgehead atoms. The monoisotopic (exact) mass is 347 g/mol. The SMILES string of the molecule is COC1CC(N[C@@H](C)C2=CC3CC(O)CCC3NC2=O)CCC1C#N. The van der Waals surface area contributed by atoms with Gasteiger partial charge in [0.25, 0.3) is 0 Å². The number of ether oxygens (including phenoxy) is 1. The van der Waals surface area contributed by atoms with Crippen molar-refractivity contribution in [2.45, 2.75) is 75.8 Å². The molecule has 6 unspecified atom stereocenters. The third-order valence-electron chi connectivity index (χ3n) is 6.06. The van der Waals surface area contributed by atoms with E-state index in [9.17, 15) is 15.2 Å². The number of rotatable bonds is 4. The molecule has 0 radical (unpaired) electrons. The second-order valence-electron chi connectivity index (χ2n) is 7.74. The first-order valence-electron chi connectivity index (χ1n) is 9.41. The average molecular weight is 347 g/mol. The quantitative estimate of drug-likeness (QED) is 0.712. The lowest BCUT2D eigenvalue weighted by Gasteiger charge is -2.39. The number of aliphatic hydroxyl groups is 1. The topological polar surface area (TPSA) is 94.4 Å². The highest BCUT2D eigenvalue weighted by atomic mass is 16.5. The summed E-state index contributed by atoms with van der Waals surface area (Å²) in [5.41, 5.74) is 0.770. The predicted molar refractivity (Wildman–Crippen MR) is 93.5 cm³/mol. The van der Waals surface area contributed by atoms with E-state index in [4.69, 9.17) is 4.74 Å². The largest absolute Gasteiger partial charge is 0.393 e. The van der Waals surface area contributed by atoms with Crippen molar-refractivity contribution in [1.29, 1.82) is 5.26 Å². The van der Waals surface area contributed by atoms with Crippen molar-refractivity contribution in [1.82, 2.24) is 10.6 Å². The van der Waals surface area contributed by atoms with Gasteiger partial charge in [0, 0.05) is 36.7 Å². The van der Waals surface area contributed by atoms with Crippen molar-refractivity contribution in [3.05, 3.63) is 11.6 Å². The lowest BCUT2D eigenvalue weighted by molar-refractivity contribution is -0.120. The molecule has 2 aliphatic carbocycles. The van der Waals surface area contributed by atoms with Gasteiger partial charge in [0.05, 0.1) is 24.2 Å². The molecular weight excluding hydrogens is 318 g/mol. The van der Waals surface area contributed by atoms with Crippen molar-refractivity contribution in [2.75, 3.05) is 7.11 Å². The maximum Gasteiger partial charge on any atom is 0.248 e. The van der Waals surface area contributed by atoms with Crippen LogP contribution >= 0.6 is 0 Å². The normalized spacial score (nSPS) is 39.6. The number of hydrogen-bond acceptors (Lipinski definition) is 5. The van der Waals surface area contributed by atoms with E-state index >= 15 is 0 Å². The van der Waals surface area contributed by atoms with Gasteiger partial charge < -0.3 is 20.5 Å². The van der Waals surface area contributed by atoms with E-state index in [1.54, 1.807) is 7.11 Å². The lowest BCUT2D eigenvalue weighted by atomic mass is 9.78. The van der Waals surface area contributed by atoms with Crippen molar-refractivity contribution in [2.24, 2.45) is 11.8 Å². The second kappa shape index (κ2) is 7.86. The summed E-state index contributed by atoms with van der Waals surface area (Å²) in [5.74, 6) is 0.188. The predicted octanol–water partition coefficient (Wildman–Crippen LogP) is 1.26. The van der Waals surface area contributed by atoms with Crippen LogP contribution in [0, 0.1) is 23.2 Å². The maximum absolute atomic E-state index is 12.5. The fourth-order valence-electron chi connectivity index (χ4n) is 4.58. The van der Waals surface area contributed by atoms with Gasteiger partial charge in [-0.3, -0.25) is 4.79 Å². The molecule has 2 fully saturated rings. The lowest BCUT2D eigenvalue weighted by Crippen LogP contribution is -2.52. The Balaban J connectivity index is 1.63. The van der Waals surface area contributed by atoms with Crippen LogP contribution in [0.4, 0.5) is 0 Å². The molecule has 2 saturated carbocycles. The number of fused-ring (bicyclic) bond motifs is 1. The number of carbonyl (C=O) groups is 1. The number of hydrogen-bond donors (Lipinski definition) is 3. The molecule has 1 amide bonds. The molecule has 0 aromatic carbocycles. The van der Waals surface area contributed by atoms with Gasteiger partial charge in [-0.2, -0.15) is 5.26 Å². The van der Waals surface area contributed by atoms with Gasteiger partial charge in [-0.25, -0.2) is 0 Å². The molecule has 0 saturated heterocycles. The standard InChI is InChI=1S/C19H29N3O3/c1-11(21-14-4-3-12(10-20)18(9-14)25-2)16-8-13-7-15(23)5-6-17(13)22-19(16)24/h8,11-15,17-18,21,23H,3-7,9H2,1-2H3,(H,22,24)/t11-,12?,13?,14?,15?,17?,18?/m0/s1. The Kier molecular flexibility index (Phi) is 5.78. The number of nitriles is 1. The third-order valence-corrected chi connectivity index (χ3v) is 6.06. The van der Waals surface area contributed by atoms with E-state index < -0.39 is 0 Å². The molecule has 0 aromatic heterocycles.